The lowest BCUT2D eigenvalue weighted by Gasteiger charge is -2.32. The molecule has 8 rings (SSSR count). The minimum absolute atomic E-state index is 0.0163. The SMILES string of the molecule is COCC1C[C@@H](C2=Nc3ccc4cc5c(cc4c3C2)OCc2cc(-c3cnc([C@@H]4CC[C@H](C)N4C(=O)[C@@H](NC(=O)OC)C(C)C)[nH]3)ccc2-5)N(C(=O)[C@@H](NC(=O)OC)C(C)C)C1. The summed E-state index contributed by atoms with van der Waals surface area (Å²) >= 11 is 0. The normalized spacial score (nSPS) is 21.2. The zero-order valence-electron chi connectivity index (χ0n) is 36.7. The number of aromatic amines is 1. The summed E-state index contributed by atoms with van der Waals surface area (Å²) in [6.07, 6.45) is 3.44. The van der Waals surface area contributed by atoms with Crippen LogP contribution in [0.2, 0.25) is 0 Å². The number of H-pyrrole nitrogens is 1. The van der Waals surface area contributed by atoms with Crippen molar-refractivity contribution in [1.29, 1.82) is 0 Å². The summed E-state index contributed by atoms with van der Waals surface area (Å²) in [4.78, 5) is 69.4. The summed E-state index contributed by atoms with van der Waals surface area (Å²) in [6, 6.07) is 12.9. The van der Waals surface area contributed by atoms with Crippen molar-refractivity contribution < 1.29 is 38.1 Å². The molecule has 4 aliphatic rings. The summed E-state index contributed by atoms with van der Waals surface area (Å²) in [5, 5.41) is 7.62. The number of aromatic nitrogens is 2. The van der Waals surface area contributed by atoms with Gasteiger partial charge in [-0.15, -0.1) is 0 Å². The minimum atomic E-state index is -0.734. The van der Waals surface area contributed by atoms with Crippen LogP contribution in [-0.4, -0.2) is 108 Å². The fraction of sp³-hybridized carbons (Fsp3) is 0.489. The molecule has 62 heavy (non-hydrogen) atoms. The van der Waals surface area contributed by atoms with Gasteiger partial charge in [0.15, 0.2) is 0 Å². The molecular formula is C47H57N7O8. The van der Waals surface area contributed by atoms with E-state index in [1.807, 2.05) is 50.6 Å². The Balaban J connectivity index is 1.02. The Morgan fingerprint density at radius 1 is 0.887 bits per heavy atom. The Morgan fingerprint density at radius 3 is 2.31 bits per heavy atom. The van der Waals surface area contributed by atoms with Crippen molar-refractivity contribution in [2.24, 2.45) is 22.7 Å². The van der Waals surface area contributed by atoms with Gasteiger partial charge >= 0.3 is 12.2 Å². The maximum atomic E-state index is 14.1. The molecular weight excluding hydrogens is 791 g/mol. The first kappa shape index (κ1) is 42.7. The number of nitrogens with zero attached hydrogens (tertiary/aromatic N) is 4. The third-order valence-corrected chi connectivity index (χ3v) is 13.0. The van der Waals surface area contributed by atoms with Gasteiger partial charge in [0.1, 0.15) is 30.3 Å². The van der Waals surface area contributed by atoms with Gasteiger partial charge in [0.05, 0.1) is 50.5 Å². The highest BCUT2D eigenvalue weighted by Gasteiger charge is 2.44. The lowest BCUT2D eigenvalue weighted by Crippen LogP contribution is -2.53. The predicted octanol–water partition coefficient (Wildman–Crippen LogP) is 7.09. The van der Waals surface area contributed by atoms with Crippen molar-refractivity contribution in [3.63, 3.8) is 0 Å². The second-order valence-electron chi connectivity index (χ2n) is 17.7. The molecule has 6 atom stereocenters. The molecule has 4 amide bonds. The maximum absolute atomic E-state index is 14.1. The number of imidazole rings is 1. The van der Waals surface area contributed by atoms with Crippen LogP contribution in [0.15, 0.2) is 53.7 Å². The fourth-order valence-electron chi connectivity index (χ4n) is 9.74. The first-order valence-corrected chi connectivity index (χ1v) is 21.6. The van der Waals surface area contributed by atoms with E-state index < -0.39 is 24.3 Å². The van der Waals surface area contributed by atoms with E-state index in [-0.39, 0.29) is 47.7 Å². The number of alkyl carbamates (subject to hydrolysis) is 2. The molecule has 0 bridgehead atoms. The standard InChI is InChI=1S/C47H57N7O8/c1-24(2)41(51-46(57)60-7)44(55)53-21-27(22-59-6)15-39(53)36-18-33-32-19-40-34(17-28(32)11-13-35(33)49-36)31-12-10-29(16-30(31)23-62-40)37-20-48-43(50-37)38-14-9-26(5)54(38)45(56)42(25(3)4)52-47(58)61-8/h10-13,16-17,19-20,24-27,38-39,41-42H,9,14-15,18,21-23H2,1-8H3,(H,48,50)(H,51,57)(H,52,58)/t26-,27?,38-,39-,41-,42-/m0/s1. The molecule has 1 aromatic heterocycles. The van der Waals surface area contributed by atoms with E-state index in [1.165, 1.54) is 14.2 Å². The molecule has 4 aromatic rings. The van der Waals surface area contributed by atoms with Crippen molar-refractivity contribution in [1.82, 2.24) is 30.4 Å². The predicted molar refractivity (Wildman–Crippen MR) is 234 cm³/mol. The number of rotatable bonds is 11. The minimum Gasteiger partial charge on any atom is -0.488 e. The summed E-state index contributed by atoms with van der Waals surface area (Å²) in [5.41, 5.74) is 7.88. The Bertz CT molecular complexity index is 2430. The Morgan fingerprint density at radius 2 is 1.61 bits per heavy atom. The van der Waals surface area contributed by atoms with Crippen molar-refractivity contribution in [3.8, 4) is 28.1 Å². The average Bonchev–Trinajstić information content (AvgIpc) is 4.09. The molecule has 0 saturated carbocycles. The van der Waals surface area contributed by atoms with Crippen molar-refractivity contribution >= 4 is 46.2 Å². The highest BCUT2D eigenvalue weighted by Crippen LogP contribution is 2.45. The van der Waals surface area contributed by atoms with E-state index in [1.54, 1.807) is 7.11 Å². The number of aliphatic imine (C=N–C) groups is 1. The topological polar surface area (TPSA) is 177 Å². The van der Waals surface area contributed by atoms with Crippen LogP contribution in [0.4, 0.5) is 15.3 Å². The Hall–Kier alpha value is -5.96. The van der Waals surface area contributed by atoms with Gasteiger partial charge in [-0.05, 0) is 95.3 Å². The molecule has 3 N–H and O–H groups in total. The largest absolute Gasteiger partial charge is 0.488 e. The summed E-state index contributed by atoms with van der Waals surface area (Å²) in [6.45, 7) is 11.1. The highest BCUT2D eigenvalue weighted by molar-refractivity contribution is 6.06. The Labute approximate surface area is 361 Å². The molecule has 3 aromatic carbocycles. The lowest BCUT2D eigenvalue weighted by molar-refractivity contribution is -0.137. The molecule has 1 unspecified atom stereocenters. The van der Waals surface area contributed by atoms with Gasteiger partial charge in [-0.2, -0.15) is 0 Å². The smallest absolute Gasteiger partial charge is 0.407 e. The number of carbonyl (C=O) groups excluding carboxylic acids is 4. The van der Waals surface area contributed by atoms with E-state index in [2.05, 4.69) is 58.1 Å². The van der Waals surface area contributed by atoms with Crippen LogP contribution in [-0.2, 0) is 36.8 Å². The quantitative estimate of drug-likeness (QED) is 0.142. The number of fused-ring (bicyclic) bond motifs is 6. The summed E-state index contributed by atoms with van der Waals surface area (Å²) in [7, 11) is 4.26. The summed E-state index contributed by atoms with van der Waals surface area (Å²) < 4.78 is 21.7. The maximum Gasteiger partial charge on any atom is 0.407 e. The number of hydrogen-bond acceptors (Lipinski definition) is 10. The number of ether oxygens (including phenoxy) is 4. The van der Waals surface area contributed by atoms with Gasteiger partial charge in [-0.25, -0.2) is 14.6 Å². The molecule has 4 aliphatic heterocycles. The number of amides is 4. The third kappa shape index (κ3) is 7.98. The van der Waals surface area contributed by atoms with Crippen LogP contribution in [0.3, 0.4) is 0 Å². The van der Waals surface area contributed by atoms with Gasteiger partial charge in [-0.3, -0.25) is 14.6 Å². The number of nitrogens with one attached hydrogen (secondary N) is 3. The van der Waals surface area contributed by atoms with Gasteiger partial charge in [0.25, 0.3) is 0 Å². The monoisotopic (exact) mass is 847 g/mol. The van der Waals surface area contributed by atoms with Crippen LogP contribution >= 0.6 is 0 Å². The zero-order valence-corrected chi connectivity index (χ0v) is 36.7. The van der Waals surface area contributed by atoms with Crippen LogP contribution in [0.25, 0.3) is 33.2 Å². The number of carbonyl (C=O) groups is 4. The van der Waals surface area contributed by atoms with Crippen molar-refractivity contribution in [2.45, 2.75) is 97.1 Å². The molecule has 5 heterocycles. The summed E-state index contributed by atoms with van der Waals surface area (Å²) in [5.74, 6) is 1.08. The molecule has 15 heteroatoms. The van der Waals surface area contributed by atoms with E-state index in [4.69, 9.17) is 28.9 Å². The van der Waals surface area contributed by atoms with Crippen molar-refractivity contribution in [2.75, 3.05) is 34.5 Å². The molecule has 0 spiro atoms. The molecule has 2 saturated heterocycles. The van der Waals surface area contributed by atoms with Crippen LogP contribution in [0.1, 0.15) is 76.9 Å². The Kier molecular flexibility index (Phi) is 12.0. The van der Waals surface area contributed by atoms with Gasteiger partial charge in [0, 0.05) is 43.3 Å². The van der Waals surface area contributed by atoms with Gasteiger partial charge in [-0.1, -0.05) is 45.9 Å². The molecule has 0 radical (unpaired) electrons. The fourth-order valence-corrected chi connectivity index (χ4v) is 9.74. The number of methoxy groups -OCH3 is 3. The second kappa shape index (κ2) is 17.4. The van der Waals surface area contributed by atoms with Crippen LogP contribution in [0.5, 0.6) is 5.75 Å². The van der Waals surface area contributed by atoms with Crippen molar-refractivity contribution in [3.05, 3.63) is 65.6 Å². The number of likely N-dealkylation sites (tertiary alicyclic amines) is 2. The van der Waals surface area contributed by atoms with Gasteiger partial charge < -0.3 is 44.4 Å². The van der Waals surface area contributed by atoms with Gasteiger partial charge in [0.2, 0.25) is 11.8 Å². The highest BCUT2D eigenvalue weighted by atomic mass is 16.5. The van der Waals surface area contributed by atoms with Crippen LogP contribution < -0.4 is 15.4 Å². The lowest BCUT2D eigenvalue weighted by atomic mass is 9.90. The van der Waals surface area contributed by atoms with E-state index >= 15 is 0 Å². The first-order chi connectivity index (χ1) is 29.8. The molecule has 0 aliphatic carbocycles. The molecule has 2 fully saturated rings. The average molecular weight is 848 g/mol. The van der Waals surface area contributed by atoms with E-state index in [0.29, 0.717) is 32.0 Å². The number of hydrogen-bond donors (Lipinski definition) is 3. The van der Waals surface area contributed by atoms with Crippen LogP contribution in [0, 0.1) is 17.8 Å². The molecule has 328 valence electrons. The third-order valence-electron chi connectivity index (χ3n) is 13.0. The van der Waals surface area contributed by atoms with E-state index in [9.17, 15) is 19.2 Å². The zero-order chi connectivity index (χ0) is 44.0. The number of benzene rings is 3. The first-order valence-electron chi connectivity index (χ1n) is 21.6. The van der Waals surface area contributed by atoms with E-state index in [0.717, 1.165) is 80.7 Å². The molecule has 15 nitrogen and oxygen atoms in total. The second-order valence-corrected chi connectivity index (χ2v) is 17.7.